The molecule has 0 saturated heterocycles. The van der Waals surface area contributed by atoms with Crippen LogP contribution in [0.4, 0.5) is 5.82 Å². The first-order chi connectivity index (χ1) is 14.2. The lowest BCUT2D eigenvalue weighted by molar-refractivity contribution is 0.820. The van der Waals surface area contributed by atoms with Gasteiger partial charge in [0.05, 0.1) is 5.69 Å². The van der Waals surface area contributed by atoms with E-state index in [-0.39, 0.29) is 6.04 Å². The second-order valence-corrected chi connectivity index (χ2v) is 8.00. The van der Waals surface area contributed by atoms with Gasteiger partial charge < -0.3 is 5.32 Å². The van der Waals surface area contributed by atoms with Crippen LogP contribution in [0.2, 0.25) is 5.02 Å². The average Bonchev–Trinajstić information content (AvgIpc) is 3.36. The number of fused-ring (bicyclic) bond motifs is 2. The molecular formula is C23H22ClN5. The Morgan fingerprint density at radius 3 is 2.62 bits per heavy atom. The molecule has 1 N–H and O–H groups in total. The number of anilines is 1. The fourth-order valence-electron chi connectivity index (χ4n) is 3.96. The van der Waals surface area contributed by atoms with E-state index in [4.69, 9.17) is 26.7 Å². The minimum atomic E-state index is 0.162. The van der Waals surface area contributed by atoms with Crippen molar-refractivity contribution in [3.8, 4) is 0 Å². The number of hydrogen-bond acceptors (Lipinski definition) is 4. The lowest BCUT2D eigenvalue weighted by Gasteiger charge is -2.18. The van der Waals surface area contributed by atoms with E-state index in [1.54, 1.807) is 0 Å². The van der Waals surface area contributed by atoms with Crippen molar-refractivity contribution in [1.29, 1.82) is 0 Å². The van der Waals surface area contributed by atoms with E-state index in [1.807, 2.05) is 34.8 Å². The summed E-state index contributed by atoms with van der Waals surface area (Å²) < 4.78 is 1.88. The maximum absolute atomic E-state index is 6.00. The van der Waals surface area contributed by atoms with Crippen LogP contribution in [0.5, 0.6) is 0 Å². The Hall–Kier alpha value is -2.92. The lowest BCUT2D eigenvalue weighted by atomic mass is 10.1. The first kappa shape index (κ1) is 18.1. The van der Waals surface area contributed by atoms with E-state index in [2.05, 4.69) is 36.5 Å². The molecule has 29 heavy (non-hydrogen) atoms. The van der Waals surface area contributed by atoms with Crippen molar-refractivity contribution in [1.82, 2.24) is 19.6 Å². The molecule has 0 radical (unpaired) electrons. The molecule has 2 aromatic carbocycles. The molecule has 0 saturated carbocycles. The fourth-order valence-corrected chi connectivity index (χ4v) is 4.09. The van der Waals surface area contributed by atoms with Crippen molar-refractivity contribution in [2.24, 2.45) is 0 Å². The zero-order valence-corrected chi connectivity index (χ0v) is 17.0. The maximum atomic E-state index is 6.00. The van der Waals surface area contributed by atoms with Crippen LogP contribution in [0.1, 0.15) is 47.6 Å². The molecule has 0 fully saturated rings. The van der Waals surface area contributed by atoms with Crippen LogP contribution in [0, 0.1) is 0 Å². The van der Waals surface area contributed by atoms with Crippen LogP contribution in [0.15, 0.2) is 54.6 Å². The summed E-state index contributed by atoms with van der Waals surface area (Å²) in [6.45, 7) is 2.18. The number of benzene rings is 2. The Bertz CT molecular complexity index is 1150. The molecule has 0 spiro atoms. The van der Waals surface area contributed by atoms with Gasteiger partial charge in [0.15, 0.2) is 5.82 Å². The van der Waals surface area contributed by atoms with Crippen LogP contribution in [0.3, 0.4) is 0 Å². The quantitative estimate of drug-likeness (QED) is 0.507. The van der Waals surface area contributed by atoms with Crippen LogP contribution >= 0.6 is 11.6 Å². The summed E-state index contributed by atoms with van der Waals surface area (Å²) in [5.74, 6) is 2.45. The monoisotopic (exact) mass is 403 g/mol. The van der Waals surface area contributed by atoms with E-state index in [1.165, 1.54) is 11.1 Å². The van der Waals surface area contributed by atoms with Crippen LogP contribution < -0.4 is 5.32 Å². The van der Waals surface area contributed by atoms with Crippen molar-refractivity contribution in [3.63, 3.8) is 0 Å². The number of aryl methyl sites for hydroxylation is 1. The van der Waals surface area contributed by atoms with Gasteiger partial charge in [-0.3, -0.25) is 0 Å². The molecule has 6 heteroatoms. The summed E-state index contributed by atoms with van der Waals surface area (Å²) >= 11 is 6.00. The molecule has 146 valence electrons. The molecule has 1 aliphatic rings. The van der Waals surface area contributed by atoms with E-state index in [9.17, 15) is 0 Å². The van der Waals surface area contributed by atoms with E-state index >= 15 is 0 Å². The van der Waals surface area contributed by atoms with Crippen LogP contribution in [-0.2, 0) is 19.3 Å². The minimum Gasteiger partial charge on any atom is -0.363 e. The van der Waals surface area contributed by atoms with Crippen molar-refractivity contribution in [2.75, 3.05) is 5.32 Å². The largest absolute Gasteiger partial charge is 0.363 e. The van der Waals surface area contributed by atoms with Gasteiger partial charge in [0.1, 0.15) is 5.82 Å². The Labute approximate surface area is 174 Å². The van der Waals surface area contributed by atoms with Gasteiger partial charge in [-0.05, 0) is 49.4 Å². The number of nitrogens with one attached hydrogen (secondary N) is 1. The molecule has 1 atom stereocenters. The average molecular weight is 404 g/mol. The van der Waals surface area contributed by atoms with Gasteiger partial charge in [-0.15, -0.1) is 5.10 Å². The topological polar surface area (TPSA) is 55.1 Å². The molecule has 2 heterocycles. The van der Waals surface area contributed by atoms with Gasteiger partial charge in [0.2, 0.25) is 0 Å². The van der Waals surface area contributed by atoms with Gasteiger partial charge in [0.25, 0.3) is 5.78 Å². The third-order valence-corrected chi connectivity index (χ3v) is 5.74. The van der Waals surface area contributed by atoms with E-state index < -0.39 is 0 Å². The van der Waals surface area contributed by atoms with Crippen LogP contribution in [0.25, 0.3) is 5.78 Å². The summed E-state index contributed by atoms with van der Waals surface area (Å²) in [6, 6.07) is 18.4. The molecule has 0 aliphatic heterocycles. The first-order valence-corrected chi connectivity index (χ1v) is 10.4. The zero-order valence-electron chi connectivity index (χ0n) is 16.3. The molecule has 5 rings (SSSR count). The highest BCUT2D eigenvalue weighted by molar-refractivity contribution is 6.30. The van der Waals surface area contributed by atoms with E-state index in [0.717, 1.165) is 47.2 Å². The highest BCUT2D eigenvalue weighted by atomic mass is 35.5. The Morgan fingerprint density at radius 1 is 1.03 bits per heavy atom. The van der Waals surface area contributed by atoms with Gasteiger partial charge in [-0.2, -0.15) is 9.50 Å². The van der Waals surface area contributed by atoms with Crippen LogP contribution in [-0.4, -0.2) is 19.6 Å². The number of rotatable bonds is 5. The fraction of sp³-hybridized carbons (Fsp3) is 0.261. The minimum absolute atomic E-state index is 0.162. The Morgan fingerprint density at radius 2 is 1.83 bits per heavy atom. The van der Waals surface area contributed by atoms with Crippen molar-refractivity contribution in [2.45, 2.75) is 38.6 Å². The van der Waals surface area contributed by atoms with E-state index in [0.29, 0.717) is 12.2 Å². The Kier molecular flexibility index (Phi) is 4.68. The summed E-state index contributed by atoms with van der Waals surface area (Å²) in [6.07, 6.45) is 3.80. The number of hydrogen-bond donors (Lipinski definition) is 1. The summed E-state index contributed by atoms with van der Waals surface area (Å²) in [5.41, 5.74) is 4.78. The third-order valence-electron chi connectivity index (χ3n) is 5.48. The third kappa shape index (κ3) is 3.58. The van der Waals surface area contributed by atoms with Crippen molar-refractivity contribution >= 4 is 23.2 Å². The molecule has 1 aliphatic carbocycles. The molecule has 0 bridgehead atoms. The SMILES string of the molecule is CC(Nc1c2c(nc3nc(Cc4ccc(Cl)cc4)nn13)CCC2)c1ccccc1. The number of nitrogens with zero attached hydrogens (tertiary/aromatic N) is 4. The molecule has 5 nitrogen and oxygen atoms in total. The smallest absolute Gasteiger partial charge is 0.254 e. The predicted molar refractivity (Wildman–Crippen MR) is 116 cm³/mol. The molecule has 4 aromatic rings. The standard InChI is InChI=1S/C23H22ClN5/c1-15(17-6-3-2-4-7-17)25-22-19-8-5-9-20(19)26-23-27-21(28-29(22)23)14-16-10-12-18(24)13-11-16/h2-4,6-7,10-13,15,25H,5,8-9,14H2,1H3. The maximum Gasteiger partial charge on any atom is 0.254 e. The second-order valence-electron chi connectivity index (χ2n) is 7.56. The van der Waals surface area contributed by atoms with Crippen molar-refractivity contribution in [3.05, 3.63) is 87.8 Å². The summed E-state index contributed by atoms with van der Waals surface area (Å²) in [4.78, 5) is 9.52. The Balaban J connectivity index is 1.53. The number of halogens is 1. The molecule has 0 amide bonds. The number of aromatic nitrogens is 4. The van der Waals surface area contributed by atoms with Gasteiger partial charge in [-0.1, -0.05) is 54.1 Å². The summed E-state index contributed by atoms with van der Waals surface area (Å²) in [7, 11) is 0. The van der Waals surface area contributed by atoms with Gasteiger partial charge in [0, 0.05) is 23.0 Å². The normalized spacial score (nSPS) is 14.1. The summed E-state index contributed by atoms with van der Waals surface area (Å²) in [5, 5.41) is 9.22. The zero-order chi connectivity index (χ0) is 19.8. The highest BCUT2D eigenvalue weighted by Gasteiger charge is 2.23. The first-order valence-electron chi connectivity index (χ1n) is 10.0. The molecule has 2 aromatic heterocycles. The lowest BCUT2D eigenvalue weighted by Crippen LogP contribution is -2.14. The van der Waals surface area contributed by atoms with Gasteiger partial charge in [-0.25, -0.2) is 4.98 Å². The molecular weight excluding hydrogens is 382 g/mol. The highest BCUT2D eigenvalue weighted by Crippen LogP contribution is 2.30. The predicted octanol–water partition coefficient (Wildman–Crippen LogP) is 5.03. The molecule has 1 unspecified atom stereocenters. The second kappa shape index (κ2) is 7.48. The van der Waals surface area contributed by atoms with Crippen molar-refractivity contribution < 1.29 is 0 Å². The van der Waals surface area contributed by atoms with Gasteiger partial charge >= 0.3 is 0 Å².